The number of nitrogens with zero attached hydrogens (tertiary/aromatic N) is 1. The Morgan fingerprint density at radius 1 is 1.00 bits per heavy atom. The zero-order chi connectivity index (χ0) is 37.2. The lowest BCUT2D eigenvalue weighted by Crippen LogP contribution is -2.51. The summed E-state index contributed by atoms with van der Waals surface area (Å²) < 4.78 is 0. The van der Waals surface area contributed by atoms with Gasteiger partial charge in [0.25, 0.3) is 0 Å². The van der Waals surface area contributed by atoms with E-state index in [1.807, 2.05) is 24.3 Å². The van der Waals surface area contributed by atoms with Gasteiger partial charge in [-0.2, -0.15) is 0 Å². The zero-order valence-corrected chi connectivity index (χ0v) is 31.6. The van der Waals surface area contributed by atoms with Gasteiger partial charge in [-0.15, -0.1) is 0 Å². The highest BCUT2D eigenvalue weighted by Gasteiger charge is 2.29. The minimum Gasteiger partial charge on any atom is -0.405 e. The Hall–Kier alpha value is -3.85. The zero-order valence-electron chi connectivity index (χ0n) is 31.6. The minimum atomic E-state index is -0.157. The first kappa shape index (κ1) is 45.2. The molecule has 11 N–H and O–H groups in total. The lowest BCUT2D eigenvalue weighted by molar-refractivity contribution is 0.260. The third kappa shape index (κ3) is 20.3. The molecule has 1 aliphatic heterocycles. The largest absolute Gasteiger partial charge is 0.405 e. The molecule has 0 saturated heterocycles. The van der Waals surface area contributed by atoms with E-state index in [-0.39, 0.29) is 17.5 Å². The first-order chi connectivity index (χ1) is 23.3. The predicted molar refractivity (Wildman–Crippen MR) is 215 cm³/mol. The summed E-state index contributed by atoms with van der Waals surface area (Å²) in [5.41, 5.74) is 28.7. The van der Waals surface area contributed by atoms with Crippen LogP contribution in [-0.2, 0) is 6.42 Å². The Bertz CT molecular complexity index is 1220. The molecule has 274 valence electrons. The van der Waals surface area contributed by atoms with E-state index in [0.717, 1.165) is 67.2 Å². The van der Waals surface area contributed by atoms with E-state index in [0.29, 0.717) is 26.2 Å². The first-order valence-electron chi connectivity index (χ1n) is 17.6. The van der Waals surface area contributed by atoms with E-state index in [2.05, 4.69) is 119 Å². The van der Waals surface area contributed by atoms with Gasteiger partial charge in [0, 0.05) is 60.5 Å². The van der Waals surface area contributed by atoms with Crippen molar-refractivity contribution in [3.05, 3.63) is 120 Å². The number of hydrogen-bond donors (Lipinski definition) is 7. The normalized spacial score (nSPS) is 13.7. The van der Waals surface area contributed by atoms with Gasteiger partial charge in [0.2, 0.25) is 0 Å². The Kier molecular flexibility index (Phi) is 24.0. The molecule has 0 radical (unpaired) electrons. The smallest absolute Gasteiger partial charge is 0.0653 e. The average Bonchev–Trinajstić information content (AvgIpc) is 3.07. The molecule has 3 rings (SSSR count). The number of aryl methyl sites for hydroxylation is 1. The number of nitrogens with two attached hydrogens (primary N) is 4. The number of nitrogens with one attached hydrogen (secondary N) is 3. The van der Waals surface area contributed by atoms with Crippen LogP contribution in [0.3, 0.4) is 0 Å². The van der Waals surface area contributed by atoms with E-state index >= 15 is 0 Å². The van der Waals surface area contributed by atoms with Crippen LogP contribution in [0.1, 0.15) is 71.4 Å². The number of unbranched alkanes of at least 4 members (excludes halogenated alkanes) is 1. The van der Waals surface area contributed by atoms with Crippen molar-refractivity contribution in [1.82, 2.24) is 15.5 Å². The average molecular weight is 675 g/mol. The maximum atomic E-state index is 7.67. The van der Waals surface area contributed by atoms with Gasteiger partial charge in [-0.25, -0.2) is 0 Å². The van der Waals surface area contributed by atoms with E-state index in [1.54, 1.807) is 0 Å². The lowest BCUT2D eigenvalue weighted by Gasteiger charge is -2.38. The van der Waals surface area contributed by atoms with Crippen molar-refractivity contribution in [3.8, 4) is 0 Å². The van der Waals surface area contributed by atoms with Crippen molar-refractivity contribution < 1.29 is 0 Å². The lowest BCUT2D eigenvalue weighted by atomic mass is 9.82. The van der Waals surface area contributed by atoms with Crippen LogP contribution in [0.25, 0.3) is 0 Å². The summed E-state index contributed by atoms with van der Waals surface area (Å²) in [6, 6.07) is 20.8. The monoisotopic (exact) mass is 675 g/mol. The minimum absolute atomic E-state index is 0.0555. The molecule has 2 aromatic rings. The van der Waals surface area contributed by atoms with Gasteiger partial charge < -0.3 is 43.9 Å². The van der Waals surface area contributed by atoms with Crippen molar-refractivity contribution >= 4 is 6.21 Å². The second-order valence-corrected chi connectivity index (χ2v) is 13.8. The highest BCUT2D eigenvalue weighted by Crippen LogP contribution is 2.23. The van der Waals surface area contributed by atoms with Crippen molar-refractivity contribution in [2.45, 2.75) is 85.2 Å². The van der Waals surface area contributed by atoms with Crippen LogP contribution < -0.4 is 33.6 Å². The SMILES string of the molecule is C=C(CNC(C)(C)C(CN)Cc1ccccc1)NC(CCCCN)C(=C)N1CCC(N)=C(C=N)C1.C=CN.CC(C)C.Cc1ccccc1. The molecule has 0 amide bonds. The molecule has 2 atom stereocenters. The fourth-order valence-corrected chi connectivity index (χ4v) is 5.06. The molecule has 0 spiro atoms. The molecule has 1 heterocycles. The van der Waals surface area contributed by atoms with Crippen LogP contribution in [0.15, 0.2) is 109 Å². The summed E-state index contributed by atoms with van der Waals surface area (Å²) in [5, 5.41) is 15.0. The molecular formula is C41H70N8. The van der Waals surface area contributed by atoms with Gasteiger partial charge in [-0.05, 0) is 83.1 Å². The molecule has 0 aliphatic carbocycles. The van der Waals surface area contributed by atoms with Gasteiger partial charge in [0.15, 0.2) is 0 Å². The summed E-state index contributed by atoms with van der Waals surface area (Å²) in [5.74, 6) is 1.12. The molecule has 8 nitrogen and oxygen atoms in total. The summed E-state index contributed by atoms with van der Waals surface area (Å²) in [6.45, 7) is 28.2. The van der Waals surface area contributed by atoms with Crippen molar-refractivity contribution in [3.63, 3.8) is 0 Å². The van der Waals surface area contributed by atoms with Crippen molar-refractivity contribution in [2.24, 2.45) is 34.8 Å². The topological polar surface area (TPSA) is 155 Å². The van der Waals surface area contributed by atoms with Crippen LogP contribution in [0.4, 0.5) is 0 Å². The highest BCUT2D eigenvalue weighted by molar-refractivity contribution is 5.77. The molecule has 0 saturated carbocycles. The molecule has 0 aromatic heterocycles. The molecule has 8 heteroatoms. The Morgan fingerprint density at radius 2 is 1.55 bits per heavy atom. The van der Waals surface area contributed by atoms with Gasteiger partial charge in [-0.1, -0.05) is 107 Å². The van der Waals surface area contributed by atoms with E-state index in [4.69, 9.17) is 22.6 Å². The quantitative estimate of drug-likeness (QED) is 0.0782. The summed E-state index contributed by atoms with van der Waals surface area (Å²) in [6.07, 6.45) is 7.19. The van der Waals surface area contributed by atoms with Crippen LogP contribution >= 0.6 is 0 Å². The van der Waals surface area contributed by atoms with Gasteiger partial charge >= 0.3 is 0 Å². The third-order valence-electron chi connectivity index (χ3n) is 8.06. The second-order valence-electron chi connectivity index (χ2n) is 13.8. The van der Waals surface area contributed by atoms with Gasteiger partial charge in [0.05, 0.1) is 6.04 Å². The fraction of sp³-hybridized carbons (Fsp3) is 0.488. The molecule has 0 bridgehead atoms. The number of benzene rings is 2. The predicted octanol–water partition coefficient (Wildman–Crippen LogP) is 6.60. The van der Waals surface area contributed by atoms with Crippen molar-refractivity contribution in [1.29, 1.82) is 5.41 Å². The maximum Gasteiger partial charge on any atom is 0.0653 e. The Morgan fingerprint density at radius 3 is 2.02 bits per heavy atom. The van der Waals surface area contributed by atoms with Crippen LogP contribution in [0.5, 0.6) is 0 Å². The van der Waals surface area contributed by atoms with Gasteiger partial charge in [-0.3, -0.25) is 0 Å². The van der Waals surface area contributed by atoms with E-state index in [9.17, 15) is 0 Å². The summed E-state index contributed by atoms with van der Waals surface area (Å²) in [4.78, 5) is 2.23. The number of rotatable bonds is 16. The molecule has 1 aliphatic rings. The number of hydrogen-bond acceptors (Lipinski definition) is 8. The fourth-order valence-electron chi connectivity index (χ4n) is 5.06. The molecule has 0 fully saturated rings. The van der Waals surface area contributed by atoms with Crippen molar-refractivity contribution in [2.75, 3.05) is 32.7 Å². The maximum absolute atomic E-state index is 7.67. The van der Waals surface area contributed by atoms with Crippen LogP contribution in [-0.4, -0.2) is 55.4 Å². The van der Waals surface area contributed by atoms with Gasteiger partial charge in [0.1, 0.15) is 0 Å². The third-order valence-corrected chi connectivity index (χ3v) is 8.06. The summed E-state index contributed by atoms with van der Waals surface area (Å²) in [7, 11) is 0. The standard InChI is InChI=1S/C28H47N7.C7H8.C4H10.C2H5N/c1-21(19-33-28(3,4)25(18-31)16-23-10-6-5-7-11-23)34-27(12-8-9-14-29)22(2)35-15-13-26(32)24(17-30)20-35;1-7-5-3-2-4-6-7;1-4(2)3;1-2-3/h5-7,10-11,17,25,27,30,33-34H,1-2,8-9,12-16,18-20,29,31-32H2,3-4H3;2-6H,1H3;4H,1-3H3;2H,1,3H2. The molecular weight excluding hydrogens is 605 g/mol. The molecule has 2 aromatic carbocycles. The first-order valence-corrected chi connectivity index (χ1v) is 17.6. The second kappa shape index (κ2) is 26.1. The summed E-state index contributed by atoms with van der Waals surface area (Å²) >= 11 is 0. The molecule has 49 heavy (non-hydrogen) atoms. The van der Waals surface area contributed by atoms with E-state index < -0.39 is 0 Å². The van der Waals surface area contributed by atoms with E-state index in [1.165, 1.54) is 23.5 Å². The highest BCUT2D eigenvalue weighted by atomic mass is 15.2. The van der Waals surface area contributed by atoms with Crippen LogP contribution in [0, 0.1) is 24.2 Å². The Balaban J connectivity index is 0.00000137. The Labute approximate surface area is 299 Å². The molecule has 2 unspecified atom stereocenters. The van der Waals surface area contributed by atoms with Crippen LogP contribution in [0.2, 0.25) is 0 Å².